The van der Waals surface area contributed by atoms with Crippen LogP contribution in [0.5, 0.6) is 0 Å². The van der Waals surface area contributed by atoms with Crippen molar-refractivity contribution < 1.29 is 22.6 Å². The number of aromatic nitrogens is 2. The van der Waals surface area contributed by atoms with E-state index in [2.05, 4.69) is 42.0 Å². The maximum absolute atomic E-state index is 13.4. The Morgan fingerprint density at radius 2 is 2.17 bits per heavy atom. The van der Waals surface area contributed by atoms with Crippen LogP contribution >= 0.6 is 15.9 Å². The minimum Gasteiger partial charge on any atom is -0.409 e. The average Bonchev–Trinajstić information content (AvgIpc) is 3.31. The molecule has 1 aromatic heterocycles. The number of amidine groups is 1. The van der Waals surface area contributed by atoms with Crippen molar-refractivity contribution >= 4 is 43.3 Å². The molecule has 1 aromatic carbocycles. The Morgan fingerprint density at radius 1 is 1.37 bits per heavy atom. The molecular weight excluding hydrogens is 483 g/mol. The molecule has 0 radical (unpaired) electrons. The minimum atomic E-state index is -3.17. The summed E-state index contributed by atoms with van der Waals surface area (Å²) in [4.78, 5) is 0. The molecule has 10 nitrogen and oxygen atoms in total. The number of oxime groups is 1. The summed E-state index contributed by atoms with van der Waals surface area (Å²) < 4.78 is 44.7. The molecule has 1 saturated heterocycles. The molecule has 2 heterocycles. The van der Waals surface area contributed by atoms with Gasteiger partial charge in [-0.1, -0.05) is 5.16 Å². The summed E-state index contributed by atoms with van der Waals surface area (Å²) in [5.74, 6) is -0.108. The first-order valence-corrected chi connectivity index (χ1v) is 11.7. The Hall–Kier alpha value is -2.25. The number of benzene rings is 1. The Kier molecular flexibility index (Phi) is 5.93. The van der Waals surface area contributed by atoms with Crippen LogP contribution in [0.1, 0.15) is 25.0 Å². The zero-order chi connectivity index (χ0) is 21.3. The molecule has 162 valence electrons. The first kappa shape index (κ1) is 21.0. The van der Waals surface area contributed by atoms with E-state index in [1.54, 1.807) is 4.31 Å². The highest BCUT2D eigenvalue weighted by atomic mass is 79.9. The van der Waals surface area contributed by atoms with Crippen molar-refractivity contribution in [3.05, 3.63) is 34.2 Å². The molecule has 0 amide bonds. The topological polar surface area (TPSA) is 133 Å². The predicted octanol–water partition coefficient (Wildman–Crippen LogP) is 2.45. The van der Waals surface area contributed by atoms with Gasteiger partial charge in [-0.3, -0.25) is 0 Å². The molecule has 1 atom stereocenters. The third-order valence-electron chi connectivity index (χ3n) is 5.11. The third-order valence-corrected chi connectivity index (χ3v) is 8.08. The quantitative estimate of drug-likeness (QED) is 0.227. The normalized spacial score (nSPS) is 20.5. The molecule has 0 bridgehead atoms. The van der Waals surface area contributed by atoms with Crippen LogP contribution in [0.15, 0.2) is 32.5 Å². The summed E-state index contributed by atoms with van der Waals surface area (Å²) in [6.07, 6.45) is 2.23. The van der Waals surface area contributed by atoms with Crippen LogP contribution in [-0.4, -0.2) is 59.0 Å². The van der Waals surface area contributed by atoms with Crippen LogP contribution in [0.25, 0.3) is 0 Å². The van der Waals surface area contributed by atoms with Crippen LogP contribution < -0.4 is 10.6 Å². The fraction of sp³-hybridized carbons (Fsp3) is 0.471. The molecule has 3 N–H and O–H groups in total. The Bertz CT molecular complexity index is 1060. The van der Waals surface area contributed by atoms with Crippen molar-refractivity contribution in [3.63, 3.8) is 0 Å². The first-order chi connectivity index (χ1) is 14.4. The summed E-state index contributed by atoms with van der Waals surface area (Å²) in [7, 11) is -3.17. The molecule has 13 heteroatoms. The van der Waals surface area contributed by atoms with Gasteiger partial charge < -0.3 is 15.8 Å². The maximum atomic E-state index is 13.4. The maximum Gasteiger partial charge on any atom is 0.216 e. The van der Waals surface area contributed by atoms with E-state index in [1.807, 2.05) is 0 Å². The van der Waals surface area contributed by atoms with Gasteiger partial charge in [0.15, 0.2) is 5.69 Å². The first-order valence-electron chi connectivity index (χ1n) is 9.38. The molecule has 1 unspecified atom stereocenters. The largest absolute Gasteiger partial charge is 0.409 e. The van der Waals surface area contributed by atoms with E-state index in [0.29, 0.717) is 25.3 Å². The van der Waals surface area contributed by atoms with Crippen molar-refractivity contribution in [1.29, 1.82) is 0 Å². The van der Waals surface area contributed by atoms with E-state index >= 15 is 0 Å². The van der Waals surface area contributed by atoms with E-state index < -0.39 is 15.8 Å². The standard InChI is InChI=1S/C17H20BrFN6O4S/c18-13-7-11(1-4-14(13)19)21-17(22-26)15-16(24-29-23-15)20-8-10-5-6-25(9-10)30(27,28)12-2-3-12/h1,4,7,10,12,26H,2-3,5-6,8-9H2,(H,20,24)(H,21,22). The van der Waals surface area contributed by atoms with Gasteiger partial charge in [0.05, 0.1) is 9.72 Å². The number of rotatable bonds is 7. The lowest BCUT2D eigenvalue weighted by atomic mass is 10.1. The zero-order valence-electron chi connectivity index (χ0n) is 15.8. The summed E-state index contributed by atoms with van der Waals surface area (Å²) >= 11 is 3.09. The summed E-state index contributed by atoms with van der Waals surface area (Å²) in [5.41, 5.74) is 0.597. The molecule has 30 heavy (non-hydrogen) atoms. The Balaban J connectivity index is 1.38. The van der Waals surface area contributed by atoms with Gasteiger partial charge >= 0.3 is 0 Å². The fourth-order valence-electron chi connectivity index (χ4n) is 3.31. The molecule has 4 rings (SSSR count). The van der Waals surface area contributed by atoms with Gasteiger partial charge in [0.1, 0.15) is 5.82 Å². The van der Waals surface area contributed by atoms with Crippen molar-refractivity contribution in [2.24, 2.45) is 11.1 Å². The van der Waals surface area contributed by atoms with E-state index in [9.17, 15) is 18.0 Å². The molecule has 0 spiro atoms. The van der Waals surface area contributed by atoms with Crippen LogP contribution in [0, 0.1) is 11.7 Å². The van der Waals surface area contributed by atoms with Crippen LogP contribution in [-0.2, 0) is 10.0 Å². The van der Waals surface area contributed by atoms with E-state index in [1.165, 1.54) is 18.2 Å². The van der Waals surface area contributed by atoms with E-state index in [-0.39, 0.29) is 33.0 Å². The monoisotopic (exact) mass is 502 g/mol. The third kappa shape index (κ3) is 4.42. The second kappa shape index (κ2) is 8.47. The number of sulfonamides is 1. The number of nitrogens with one attached hydrogen (secondary N) is 2. The van der Waals surface area contributed by atoms with Gasteiger partial charge in [-0.15, -0.1) is 0 Å². The molecule has 2 fully saturated rings. The summed E-state index contributed by atoms with van der Waals surface area (Å²) in [5, 5.41) is 25.8. The van der Waals surface area contributed by atoms with Crippen LogP contribution in [0.2, 0.25) is 0 Å². The van der Waals surface area contributed by atoms with E-state index in [0.717, 1.165) is 19.3 Å². The SMILES string of the molecule is O=S(=O)(C1CC1)N1CCC(CNc2nonc2C(=NO)Nc2ccc(F)c(Br)c2)C1. The van der Waals surface area contributed by atoms with Gasteiger partial charge in [-0.05, 0) is 69.6 Å². The van der Waals surface area contributed by atoms with Gasteiger partial charge in [-0.2, -0.15) is 0 Å². The van der Waals surface area contributed by atoms with Gasteiger partial charge in [0.25, 0.3) is 0 Å². The second-order valence-corrected chi connectivity index (χ2v) is 10.4. The highest BCUT2D eigenvalue weighted by Gasteiger charge is 2.42. The van der Waals surface area contributed by atoms with Crippen LogP contribution in [0.3, 0.4) is 0 Å². The summed E-state index contributed by atoms with van der Waals surface area (Å²) in [6.45, 7) is 1.42. The van der Waals surface area contributed by atoms with Gasteiger partial charge in [0.2, 0.25) is 21.7 Å². The average molecular weight is 503 g/mol. The molecular formula is C17H20BrFN6O4S. The number of nitrogens with zero attached hydrogens (tertiary/aromatic N) is 4. The van der Waals surface area contributed by atoms with Crippen molar-refractivity contribution in [2.45, 2.75) is 24.5 Å². The molecule has 2 aliphatic rings. The lowest BCUT2D eigenvalue weighted by Crippen LogP contribution is -2.32. The smallest absolute Gasteiger partial charge is 0.216 e. The highest BCUT2D eigenvalue weighted by Crippen LogP contribution is 2.33. The summed E-state index contributed by atoms with van der Waals surface area (Å²) in [6, 6.07) is 4.21. The molecule has 2 aromatic rings. The Morgan fingerprint density at radius 3 is 2.87 bits per heavy atom. The second-order valence-electron chi connectivity index (χ2n) is 7.30. The van der Waals surface area contributed by atoms with Gasteiger partial charge in [0, 0.05) is 25.3 Å². The van der Waals surface area contributed by atoms with Crippen molar-refractivity contribution in [1.82, 2.24) is 14.6 Å². The fourth-order valence-corrected chi connectivity index (χ4v) is 5.63. The number of hydrogen-bond acceptors (Lipinski definition) is 8. The number of anilines is 2. The lowest BCUT2D eigenvalue weighted by Gasteiger charge is -2.16. The lowest BCUT2D eigenvalue weighted by molar-refractivity contribution is 0.305. The van der Waals surface area contributed by atoms with Crippen molar-refractivity contribution in [2.75, 3.05) is 30.3 Å². The van der Waals surface area contributed by atoms with Crippen LogP contribution in [0.4, 0.5) is 15.9 Å². The van der Waals surface area contributed by atoms with Crippen molar-refractivity contribution in [3.8, 4) is 0 Å². The molecule has 1 saturated carbocycles. The number of hydrogen-bond donors (Lipinski definition) is 3. The molecule has 1 aliphatic carbocycles. The molecule has 1 aliphatic heterocycles. The number of halogens is 2. The zero-order valence-corrected chi connectivity index (χ0v) is 18.2. The van der Waals surface area contributed by atoms with Gasteiger partial charge in [-0.25, -0.2) is 21.7 Å². The minimum absolute atomic E-state index is 0.0402. The Labute approximate surface area is 180 Å². The predicted molar refractivity (Wildman–Crippen MR) is 110 cm³/mol. The van der Waals surface area contributed by atoms with E-state index in [4.69, 9.17) is 4.63 Å². The highest BCUT2D eigenvalue weighted by molar-refractivity contribution is 9.10.